The molecule has 1 aliphatic rings. The minimum absolute atomic E-state index is 0.103. The van der Waals surface area contributed by atoms with E-state index in [-0.39, 0.29) is 6.10 Å². The van der Waals surface area contributed by atoms with Gasteiger partial charge in [0.15, 0.2) is 5.65 Å². The predicted molar refractivity (Wildman–Crippen MR) is 139 cm³/mol. The molecule has 8 heteroatoms. The van der Waals surface area contributed by atoms with E-state index in [4.69, 9.17) is 4.74 Å². The van der Waals surface area contributed by atoms with Gasteiger partial charge in [0.05, 0.1) is 6.20 Å². The third kappa shape index (κ3) is 6.87. The fourth-order valence-electron chi connectivity index (χ4n) is 3.67. The molecule has 0 radical (unpaired) electrons. The first-order chi connectivity index (χ1) is 16.5. The van der Waals surface area contributed by atoms with Gasteiger partial charge in [-0.25, -0.2) is 0 Å². The number of piperidine rings is 1. The van der Waals surface area contributed by atoms with Crippen molar-refractivity contribution in [3.63, 3.8) is 0 Å². The number of aliphatic imine (C=N–C) groups is 1. The van der Waals surface area contributed by atoms with Crippen LogP contribution in [0.5, 0.6) is 6.01 Å². The Kier molecular flexibility index (Phi) is 9.58. The van der Waals surface area contributed by atoms with Crippen LogP contribution >= 0.6 is 0 Å². The summed E-state index contributed by atoms with van der Waals surface area (Å²) in [5, 5.41) is 11.3. The van der Waals surface area contributed by atoms with Crippen molar-refractivity contribution in [1.29, 1.82) is 0 Å². The molecular formula is C26H37N7O. The van der Waals surface area contributed by atoms with E-state index in [2.05, 4.69) is 69.7 Å². The van der Waals surface area contributed by atoms with E-state index in [1.807, 2.05) is 31.3 Å². The molecule has 1 fully saturated rings. The zero-order chi connectivity index (χ0) is 24.3. The fraction of sp³-hybridized carbons (Fsp3) is 0.462. The second-order valence-corrected chi connectivity index (χ2v) is 8.62. The van der Waals surface area contributed by atoms with Crippen LogP contribution in [0.2, 0.25) is 0 Å². The van der Waals surface area contributed by atoms with Gasteiger partial charge in [-0.05, 0) is 56.4 Å². The molecule has 4 rings (SSSR count). The third-order valence-corrected chi connectivity index (χ3v) is 5.65. The van der Waals surface area contributed by atoms with Crippen LogP contribution in [0.25, 0.3) is 5.65 Å². The van der Waals surface area contributed by atoms with Gasteiger partial charge in [-0.15, -0.1) is 0 Å². The summed E-state index contributed by atoms with van der Waals surface area (Å²) in [4.78, 5) is 13.0. The van der Waals surface area contributed by atoms with Gasteiger partial charge in [0.25, 0.3) is 0 Å². The monoisotopic (exact) mass is 463 g/mol. The zero-order valence-electron chi connectivity index (χ0n) is 21.0. The summed E-state index contributed by atoms with van der Waals surface area (Å²) < 4.78 is 7.90. The Balaban J connectivity index is 0.000000481. The van der Waals surface area contributed by atoms with Crippen LogP contribution in [0.3, 0.4) is 0 Å². The molecule has 182 valence electrons. The average molecular weight is 464 g/mol. The number of nitrogens with one attached hydrogen (secondary N) is 2. The summed E-state index contributed by atoms with van der Waals surface area (Å²) in [7, 11) is 1.75. The van der Waals surface area contributed by atoms with Crippen LogP contribution in [0, 0.1) is 6.92 Å². The van der Waals surface area contributed by atoms with Gasteiger partial charge in [0.2, 0.25) is 5.95 Å². The molecule has 1 atom stereocenters. The Morgan fingerprint density at radius 1 is 1.29 bits per heavy atom. The molecule has 0 spiro atoms. The van der Waals surface area contributed by atoms with Crippen LogP contribution in [-0.4, -0.2) is 52.0 Å². The van der Waals surface area contributed by atoms with Crippen molar-refractivity contribution < 1.29 is 4.74 Å². The molecule has 8 nitrogen and oxygen atoms in total. The maximum Gasteiger partial charge on any atom is 0.322 e. The lowest BCUT2D eigenvalue weighted by molar-refractivity contribution is 0.153. The summed E-state index contributed by atoms with van der Waals surface area (Å²) in [6.45, 7) is 10.9. The molecule has 0 bridgehead atoms. The van der Waals surface area contributed by atoms with E-state index < -0.39 is 0 Å². The summed E-state index contributed by atoms with van der Waals surface area (Å²) in [5.41, 5.74) is 4.36. The number of nitrogens with zero attached hydrogens (tertiary/aromatic N) is 5. The van der Waals surface area contributed by atoms with E-state index in [1.165, 1.54) is 11.1 Å². The van der Waals surface area contributed by atoms with Crippen molar-refractivity contribution in [2.24, 2.45) is 4.99 Å². The summed E-state index contributed by atoms with van der Waals surface area (Å²) in [5.74, 6) is 0.972. The molecule has 1 aromatic carbocycles. The van der Waals surface area contributed by atoms with Crippen molar-refractivity contribution in [3.8, 4) is 6.01 Å². The average Bonchev–Trinajstić information content (AvgIpc) is 3.28. The number of aromatic nitrogens is 4. The number of rotatable bonds is 7. The van der Waals surface area contributed by atoms with E-state index in [0.717, 1.165) is 37.1 Å². The quantitative estimate of drug-likeness (QED) is 0.499. The van der Waals surface area contributed by atoms with Crippen LogP contribution < -0.4 is 15.4 Å². The molecule has 1 aliphatic heterocycles. The van der Waals surface area contributed by atoms with Gasteiger partial charge in [-0.1, -0.05) is 44.2 Å². The molecule has 3 aromatic rings. The van der Waals surface area contributed by atoms with Gasteiger partial charge in [0, 0.05) is 31.9 Å². The lowest BCUT2D eigenvalue weighted by Crippen LogP contribution is -2.37. The molecule has 34 heavy (non-hydrogen) atoms. The first kappa shape index (κ1) is 25.4. The molecule has 0 saturated carbocycles. The van der Waals surface area contributed by atoms with Gasteiger partial charge >= 0.3 is 6.01 Å². The number of allylic oxidation sites excluding steroid dienone is 2. The standard InChI is InChI=1S/C21H28N6O.C5H9N/c1-14(2)18-13-24-27-19(18)25-21(28-17-9-6-10-22-12-17)26-20(27)23-11-16-8-5-4-7-15(16)3;1-3-4-5-6-2/h4-5,7-8,13-14,17,22H,6,9-12H2,1-3H3,(H,23,25,26);3-5H,1-2H3/b;4-3-,6-5?/t17-;/m1./s1. The maximum atomic E-state index is 6.12. The Hall–Kier alpha value is -3.26. The maximum absolute atomic E-state index is 6.12. The van der Waals surface area contributed by atoms with Crippen LogP contribution in [0.1, 0.15) is 56.2 Å². The van der Waals surface area contributed by atoms with Gasteiger partial charge < -0.3 is 15.4 Å². The number of hydrogen-bond acceptors (Lipinski definition) is 7. The molecule has 0 aliphatic carbocycles. The Morgan fingerprint density at radius 2 is 2.12 bits per heavy atom. The molecule has 0 unspecified atom stereocenters. The van der Waals surface area contributed by atoms with Crippen LogP contribution in [-0.2, 0) is 6.54 Å². The number of aryl methyl sites for hydroxylation is 1. The highest BCUT2D eigenvalue weighted by Gasteiger charge is 2.20. The van der Waals surface area contributed by atoms with E-state index in [9.17, 15) is 0 Å². The zero-order valence-corrected chi connectivity index (χ0v) is 21.0. The second kappa shape index (κ2) is 12.8. The number of anilines is 1. The predicted octanol–water partition coefficient (Wildman–Crippen LogP) is 4.56. The van der Waals surface area contributed by atoms with Gasteiger partial charge in [-0.3, -0.25) is 4.99 Å². The minimum atomic E-state index is 0.103. The van der Waals surface area contributed by atoms with Crippen LogP contribution in [0.15, 0.2) is 47.6 Å². The highest BCUT2D eigenvalue weighted by atomic mass is 16.5. The van der Waals surface area contributed by atoms with Gasteiger partial charge in [-0.2, -0.15) is 19.6 Å². The molecule has 0 amide bonds. The SMILES string of the molecule is C/C=C\C=NC.Cc1ccccc1CNc1nc(O[C@@H]2CCCNC2)nc2c(C(C)C)cnn12. The number of benzene rings is 1. The first-order valence-corrected chi connectivity index (χ1v) is 12.0. The lowest BCUT2D eigenvalue weighted by atomic mass is 10.1. The minimum Gasteiger partial charge on any atom is -0.459 e. The molecule has 1 saturated heterocycles. The highest BCUT2D eigenvalue weighted by Crippen LogP contribution is 2.24. The Morgan fingerprint density at radius 3 is 2.76 bits per heavy atom. The summed E-state index contributed by atoms with van der Waals surface area (Å²) in [6, 6.07) is 8.75. The van der Waals surface area contributed by atoms with E-state index in [0.29, 0.717) is 24.4 Å². The topological polar surface area (TPSA) is 88.7 Å². The lowest BCUT2D eigenvalue weighted by Gasteiger charge is -2.23. The van der Waals surface area contributed by atoms with Crippen molar-refractivity contribution in [2.45, 2.75) is 59.1 Å². The fourth-order valence-corrected chi connectivity index (χ4v) is 3.67. The summed E-state index contributed by atoms with van der Waals surface area (Å²) in [6.07, 6.45) is 9.68. The van der Waals surface area contributed by atoms with Crippen molar-refractivity contribution in [2.75, 3.05) is 25.5 Å². The van der Waals surface area contributed by atoms with Crippen LogP contribution in [0.4, 0.5) is 5.95 Å². The third-order valence-electron chi connectivity index (χ3n) is 5.65. The number of hydrogen-bond donors (Lipinski definition) is 2. The second-order valence-electron chi connectivity index (χ2n) is 8.62. The number of ether oxygens (including phenoxy) is 1. The largest absolute Gasteiger partial charge is 0.459 e. The first-order valence-electron chi connectivity index (χ1n) is 12.0. The van der Waals surface area contributed by atoms with E-state index >= 15 is 0 Å². The van der Waals surface area contributed by atoms with Gasteiger partial charge in [0.1, 0.15) is 6.10 Å². The molecular weight excluding hydrogens is 426 g/mol. The Labute approximate surface area is 202 Å². The highest BCUT2D eigenvalue weighted by molar-refractivity contribution is 5.70. The molecule has 3 heterocycles. The Bertz CT molecular complexity index is 1090. The number of fused-ring (bicyclic) bond motifs is 1. The van der Waals surface area contributed by atoms with E-state index in [1.54, 1.807) is 17.8 Å². The van der Waals surface area contributed by atoms with Crippen molar-refractivity contribution >= 4 is 17.8 Å². The molecule has 2 aromatic heterocycles. The van der Waals surface area contributed by atoms with Crippen molar-refractivity contribution in [1.82, 2.24) is 24.9 Å². The smallest absolute Gasteiger partial charge is 0.322 e. The molecule has 2 N–H and O–H groups in total. The normalized spacial score (nSPS) is 16.2. The summed E-state index contributed by atoms with van der Waals surface area (Å²) >= 11 is 0. The van der Waals surface area contributed by atoms with Crippen molar-refractivity contribution in [3.05, 3.63) is 59.3 Å².